The van der Waals surface area contributed by atoms with Gasteiger partial charge in [-0.2, -0.15) is 5.26 Å². The Balaban J connectivity index is 2.60. The Bertz CT molecular complexity index is 800. The fourth-order valence-electron chi connectivity index (χ4n) is 2.68. The molecule has 7 nitrogen and oxygen atoms in total. The lowest BCUT2D eigenvalue weighted by atomic mass is 9.82. The average Bonchev–Trinajstić information content (AvgIpc) is 2.65. The van der Waals surface area contributed by atoms with Crippen LogP contribution in [0.25, 0.3) is 0 Å². The number of nitriles is 1. The van der Waals surface area contributed by atoms with Crippen molar-refractivity contribution in [3.05, 3.63) is 58.2 Å². The van der Waals surface area contributed by atoms with Crippen LogP contribution in [0, 0.1) is 11.3 Å². The van der Waals surface area contributed by atoms with E-state index in [-0.39, 0.29) is 17.0 Å². The second-order valence-electron chi connectivity index (χ2n) is 5.22. The number of nitrogens with zero attached hydrogens (tertiary/aromatic N) is 1. The third-order valence-corrected chi connectivity index (χ3v) is 3.89. The molecule has 1 heterocycles. The maximum atomic E-state index is 12.3. The van der Waals surface area contributed by atoms with Crippen LogP contribution in [0.4, 0.5) is 0 Å². The van der Waals surface area contributed by atoms with Crippen LogP contribution < -0.4 is 5.73 Å². The van der Waals surface area contributed by atoms with Crippen molar-refractivity contribution in [3.8, 4) is 6.07 Å². The zero-order chi connectivity index (χ0) is 18.6. The first-order valence-corrected chi connectivity index (χ1v) is 7.55. The minimum atomic E-state index is -0.729. The lowest BCUT2D eigenvalue weighted by Crippen LogP contribution is -2.25. The topological polar surface area (TPSA) is 112 Å². The summed E-state index contributed by atoms with van der Waals surface area (Å²) in [5, 5.41) is 9.49. The quantitative estimate of drug-likeness (QED) is 0.834. The third-order valence-electron chi connectivity index (χ3n) is 3.89. The summed E-state index contributed by atoms with van der Waals surface area (Å²) in [6.07, 6.45) is 0.403. The largest absolute Gasteiger partial charge is 0.466 e. The SMILES string of the molecule is CCC1=C(C(=O)OC)C(c2ccc(C(=O)OC)cc2)C(C#N)=C(N)O1. The molecular formula is C18H18N2O5. The van der Waals surface area contributed by atoms with E-state index in [1.165, 1.54) is 14.2 Å². The van der Waals surface area contributed by atoms with Crippen molar-refractivity contribution in [2.75, 3.05) is 14.2 Å². The molecule has 1 unspecified atom stereocenters. The number of nitrogens with two attached hydrogens (primary N) is 1. The number of hydrogen-bond donors (Lipinski definition) is 1. The average molecular weight is 342 g/mol. The molecule has 0 amide bonds. The molecule has 7 heteroatoms. The number of esters is 2. The van der Waals surface area contributed by atoms with E-state index >= 15 is 0 Å². The summed E-state index contributed by atoms with van der Waals surface area (Å²) in [7, 11) is 2.55. The van der Waals surface area contributed by atoms with Crippen molar-refractivity contribution >= 4 is 11.9 Å². The molecule has 0 saturated carbocycles. The summed E-state index contributed by atoms with van der Waals surface area (Å²) < 4.78 is 15.0. The van der Waals surface area contributed by atoms with Gasteiger partial charge in [0.1, 0.15) is 17.4 Å². The molecule has 0 radical (unpaired) electrons. The van der Waals surface area contributed by atoms with Crippen molar-refractivity contribution in [2.24, 2.45) is 5.73 Å². The van der Waals surface area contributed by atoms with Crippen molar-refractivity contribution in [1.29, 1.82) is 5.26 Å². The molecule has 1 aromatic rings. The number of carbonyl (C=O) groups excluding carboxylic acids is 2. The van der Waals surface area contributed by atoms with Crippen LogP contribution in [0.1, 0.15) is 35.2 Å². The minimum Gasteiger partial charge on any atom is -0.466 e. The summed E-state index contributed by atoms with van der Waals surface area (Å²) in [6, 6.07) is 8.40. The normalized spacial score (nSPS) is 16.8. The van der Waals surface area contributed by atoms with Crippen LogP contribution in [-0.4, -0.2) is 26.2 Å². The Hall–Kier alpha value is -3.27. The molecule has 1 aliphatic rings. The van der Waals surface area contributed by atoms with Gasteiger partial charge in [-0.3, -0.25) is 0 Å². The molecule has 0 aromatic heterocycles. The standard InChI is InChI=1S/C18H18N2O5/c1-4-13-15(18(22)24-3)14(12(9-19)16(20)25-13)10-5-7-11(8-6-10)17(21)23-2/h5-8,14H,4,20H2,1-3H3. The fourth-order valence-corrected chi connectivity index (χ4v) is 2.68. The van der Waals surface area contributed by atoms with Crippen molar-refractivity contribution < 1.29 is 23.8 Å². The van der Waals surface area contributed by atoms with Gasteiger partial charge in [-0.1, -0.05) is 19.1 Å². The maximum absolute atomic E-state index is 12.3. The highest BCUT2D eigenvalue weighted by atomic mass is 16.5. The zero-order valence-electron chi connectivity index (χ0n) is 14.2. The van der Waals surface area contributed by atoms with E-state index in [2.05, 4.69) is 4.74 Å². The molecule has 1 atom stereocenters. The molecular weight excluding hydrogens is 324 g/mol. The monoisotopic (exact) mass is 342 g/mol. The Kier molecular flexibility index (Phi) is 5.45. The number of methoxy groups -OCH3 is 2. The second-order valence-corrected chi connectivity index (χ2v) is 5.22. The minimum absolute atomic E-state index is 0.0472. The first kappa shape index (κ1) is 18.1. The Morgan fingerprint density at radius 3 is 2.28 bits per heavy atom. The summed E-state index contributed by atoms with van der Waals surface area (Å²) in [5.74, 6) is -1.50. The summed E-state index contributed by atoms with van der Waals surface area (Å²) in [5.41, 5.74) is 7.17. The van der Waals surface area contributed by atoms with Gasteiger partial charge in [0, 0.05) is 6.42 Å². The molecule has 0 aliphatic carbocycles. The van der Waals surface area contributed by atoms with E-state index < -0.39 is 17.9 Å². The highest BCUT2D eigenvalue weighted by Gasteiger charge is 2.36. The number of ether oxygens (including phenoxy) is 3. The van der Waals surface area contributed by atoms with Gasteiger partial charge in [-0.05, 0) is 17.7 Å². The van der Waals surface area contributed by atoms with E-state index in [0.717, 1.165) is 0 Å². The molecule has 130 valence electrons. The predicted molar refractivity (Wildman–Crippen MR) is 87.8 cm³/mol. The third kappa shape index (κ3) is 3.33. The summed E-state index contributed by atoms with van der Waals surface area (Å²) in [6.45, 7) is 1.81. The molecule has 0 spiro atoms. The van der Waals surface area contributed by atoms with Crippen molar-refractivity contribution in [1.82, 2.24) is 0 Å². The number of carbonyl (C=O) groups is 2. The first-order valence-electron chi connectivity index (χ1n) is 7.55. The number of allylic oxidation sites excluding steroid dienone is 2. The van der Waals surface area contributed by atoms with Crippen molar-refractivity contribution in [2.45, 2.75) is 19.3 Å². The molecule has 0 fully saturated rings. The van der Waals surface area contributed by atoms with Crippen LogP contribution >= 0.6 is 0 Å². The van der Waals surface area contributed by atoms with E-state index in [4.69, 9.17) is 15.2 Å². The molecule has 0 saturated heterocycles. The van der Waals surface area contributed by atoms with E-state index in [1.807, 2.05) is 6.07 Å². The summed E-state index contributed by atoms with van der Waals surface area (Å²) >= 11 is 0. The van der Waals surface area contributed by atoms with E-state index in [1.54, 1.807) is 31.2 Å². The number of rotatable bonds is 4. The van der Waals surface area contributed by atoms with Gasteiger partial charge in [0.15, 0.2) is 0 Å². The summed E-state index contributed by atoms with van der Waals surface area (Å²) in [4.78, 5) is 23.9. The number of hydrogen-bond acceptors (Lipinski definition) is 7. The smallest absolute Gasteiger partial charge is 0.338 e. The fraction of sp³-hybridized carbons (Fsp3) is 0.278. The van der Waals surface area contributed by atoms with E-state index in [9.17, 15) is 14.9 Å². The number of benzene rings is 1. The van der Waals surface area contributed by atoms with Gasteiger partial charge in [0.2, 0.25) is 5.88 Å². The van der Waals surface area contributed by atoms with Crippen LogP contribution in [-0.2, 0) is 19.0 Å². The molecule has 0 bridgehead atoms. The molecule has 1 aliphatic heterocycles. The highest BCUT2D eigenvalue weighted by molar-refractivity contribution is 5.93. The van der Waals surface area contributed by atoms with Crippen molar-refractivity contribution in [3.63, 3.8) is 0 Å². The van der Waals surface area contributed by atoms with E-state index in [0.29, 0.717) is 23.3 Å². The van der Waals surface area contributed by atoms with Crippen LogP contribution in [0.5, 0.6) is 0 Å². The van der Waals surface area contributed by atoms with Crippen LogP contribution in [0.2, 0.25) is 0 Å². The Labute approximate surface area is 145 Å². The predicted octanol–water partition coefficient (Wildman–Crippen LogP) is 2.12. The zero-order valence-corrected chi connectivity index (χ0v) is 14.2. The molecule has 2 rings (SSSR count). The van der Waals surface area contributed by atoms with Crippen LogP contribution in [0.15, 0.2) is 47.1 Å². The van der Waals surface area contributed by atoms with Gasteiger partial charge in [-0.15, -0.1) is 0 Å². The first-order chi connectivity index (χ1) is 12.0. The molecule has 25 heavy (non-hydrogen) atoms. The lowest BCUT2D eigenvalue weighted by molar-refractivity contribution is -0.136. The van der Waals surface area contributed by atoms with Gasteiger partial charge in [-0.25, -0.2) is 9.59 Å². The maximum Gasteiger partial charge on any atom is 0.338 e. The van der Waals surface area contributed by atoms with Gasteiger partial charge in [0.05, 0.1) is 31.3 Å². The van der Waals surface area contributed by atoms with Gasteiger partial charge in [0.25, 0.3) is 0 Å². The Morgan fingerprint density at radius 1 is 1.20 bits per heavy atom. The highest BCUT2D eigenvalue weighted by Crippen LogP contribution is 2.40. The van der Waals surface area contributed by atoms with Gasteiger partial charge >= 0.3 is 11.9 Å². The second kappa shape index (κ2) is 7.53. The lowest BCUT2D eigenvalue weighted by Gasteiger charge is -2.27. The van der Waals surface area contributed by atoms with Crippen LogP contribution in [0.3, 0.4) is 0 Å². The van der Waals surface area contributed by atoms with Gasteiger partial charge < -0.3 is 19.9 Å². The Morgan fingerprint density at radius 2 is 1.80 bits per heavy atom. The molecule has 1 aromatic carbocycles. The molecule has 2 N–H and O–H groups in total.